The van der Waals surface area contributed by atoms with E-state index in [9.17, 15) is 0 Å². The summed E-state index contributed by atoms with van der Waals surface area (Å²) in [4.78, 5) is 0. The van der Waals surface area contributed by atoms with Crippen LogP contribution in [0.25, 0.3) is 0 Å². The molecule has 1 aromatic rings. The zero-order valence-electron chi connectivity index (χ0n) is 8.97. The van der Waals surface area contributed by atoms with Crippen molar-refractivity contribution in [3.63, 3.8) is 0 Å². The summed E-state index contributed by atoms with van der Waals surface area (Å²) in [5.74, 6) is 0. The summed E-state index contributed by atoms with van der Waals surface area (Å²) in [5, 5.41) is 3.50. The summed E-state index contributed by atoms with van der Waals surface area (Å²) >= 11 is 0. The number of anilines is 1. The van der Waals surface area contributed by atoms with E-state index in [1.807, 2.05) is 0 Å². The number of para-hydroxylation sites is 1. The zero-order chi connectivity index (χ0) is 9.80. The fraction of sp³-hybridized carbons (Fsp3) is 0.538. The van der Waals surface area contributed by atoms with Gasteiger partial charge in [0.15, 0.2) is 0 Å². The van der Waals surface area contributed by atoms with Gasteiger partial charge in [-0.15, -0.1) is 0 Å². The molecule has 0 spiro atoms. The second kappa shape index (κ2) is 4.50. The first-order valence-corrected chi connectivity index (χ1v) is 5.76. The average Bonchev–Trinajstić information content (AvgIpc) is 2.67. The predicted octanol–water partition coefficient (Wildman–Crippen LogP) is 3.39. The summed E-state index contributed by atoms with van der Waals surface area (Å²) in [7, 11) is 0. The Kier molecular flexibility index (Phi) is 3.07. The normalized spacial score (nSPS) is 13.8. The van der Waals surface area contributed by atoms with Gasteiger partial charge in [0, 0.05) is 12.2 Å². The second-order valence-electron chi connectivity index (χ2n) is 4.09. The van der Waals surface area contributed by atoms with E-state index in [0.29, 0.717) is 0 Å². The average molecular weight is 189 g/mol. The first kappa shape index (κ1) is 9.57. The Labute approximate surface area is 86.5 Å². The molecule has 0 atom stereocenters. The van der Waals surface area contributed by atoms with E-state index >= 15 is 0 Å². The third-order valence-corrected chi connectivity index (χ3v) is 2.98. The maximum Gasteiger partial charge on any atom is 0.0406 e. The summed E-state index contributed by atoms with van der Waals surface area (Å²) in [5.41, 5.74) is 4.47. The maximum atomic E-state index is 3.50. The van der Waals surface area contributed by atoms with E-state index in [0.717, 1.165) is 6.54 Å². The summed E-state index contributed by atoms with van der Waals surface area (Å²) < 4.78 is 0. The van der Waals surface area contributed by atoms with Crippen molar-refractivity contribution in [3.8, 4) is 0 Å². The van der Waals surface area contributed by atoms with Gasteiger partial charge in [0.25, 0.3) is 0 Å². The van der Waals surface area contributed by atoms with Crippen molar-refractivity contribution < 1.29 is 0 Å². The van der Waals surface area contributed by atoms with Crippen molar-refractivity contribution in [2.45, 2.75) is 39.0 Å². The van der Waals surface area contributed by atoms with Gasteiger partial charge in [0.1, 0.15) is 0 Å². The van der Waals surface area contributed by atoms with Crippen LogP contribution in [-0.4, -0.2) is 6.54 Å². The number of aryl methyl sites for hydroxylation is 1. The smallest absolute Gasteiger partial charge is 0.0406 e. The molecule has 1 aliphatic heterocycles. The number of benzene rings is 1. The summed E-state index contributed by atoms with van der Waals surface area (Å²) in [6.45, 7) is 3.38. The van der Waals surface area contributed by atoms with Crippen molar-refractivity contribution in [2.75, 3.05) is 11.9 Å². The molecule has 1 nitrogen and oxygen atoms in total. The lowest BCUT2D eigenvalue weighted by atomic mass is 10.0. The monoisotopic (exact) mass is 189 g/mol. The fourth-order valence-corrected chi connectivity index (χ4v) is 2.18. The quantitative estimate of drug-likeness (QED) is 0.716. The van der Waals surface area contributed by atoms with Crippen LogP contribution < -0.4 is 5.32 Å². The molecule has 0 unspecified atom stereocenters. The van der Waals surface area contributed by atoms with Crippen LogP contribution in [0.4, 0.5) is 5.69 Å². The molecule has 0 saturated heterocycles. The summed E-state index contributed by atoms with van der Waals surface area (Å²) in [6, 6.07) is 6.72. The minimum atomic E-state index is 1.13. The van der Waals surface area contributed by atoms with Crippen LogP contribution in [-0.2, 0) is 12.8 Å². The first-order chi connectivity index (χ1) is 6.92. The van der Waals surface area contributed by atoms with Crippen molar-refractivity contribution in [2.24, 2.45) is 0 Å². The van der Waals surface area contributed by atoms with E-state index < -0.39 is 0 Å². The molecule has 1 heteroatoms. The molecule has 0 saturated carbocycles. The highest BCUT2D eigenvalue weighted by Gasteiger charge is 2.12. The standard InChI is InChI=1S/C13H19N/c1-2-3-4-6-11-7-5-8-12-9-10-14-13(11)12/h5,7-8,14H,2-4,6,9-10H2,1H3. The van der Waals surface area contributed by atoms with Gasteiger partial charge >= 0.3 is 0 Å². The van der Waals surface area contributed by atoms with Crippen molar-refractivity contribution in [3.05, 3.63) is 29.3 Å². The lowest BCUT2D eigenvalue weighted by molar-refractivity contribution is 0.718. The SMILES string of the molecule is CCCCCc1cccc2c1NCC2. The number of nitrogens with one attached hydrogen (secondary N) is 1. The number of fused-ring (bicyclic) bond motifs is 1. The Morgan fingerprint density at radius 3 is 3.07 bits per heavy atom. The predicted molar refractivity (Wildman–Crippen MR) is 61.9 cm³/mol. The van der Waals surface area contributed by atoms with Gasteiger partial charge in [-0.1, -0.05) is 38.0 Å². The van der Waals surface area contributed by atoms with E-state index in [4.69, 9.17) is 0 Å². The van der Waals surface area contributed by atoms with E-state index in [1.54, 1.807) is 0 Å². The molecule has 1 aromatic carbocycles. The molecule has 0 fully saturated rings. The maximum absolute atomic E-state index is 3.50. The van der Waals surface area contributed by atoms with Gasteiger partial charge in [-0.05, 0) is 30.4 Å². The van der Waals surface area contributed by atoms with Crippen molar-refractivity contribution >= 4 is 5.69 Å². The van der Waals surface area contributed by atoms with E-state index in [2.05, 4.69) is 30.4 Å². The molecular weight excluding hydrogens is 170 g/mol. The molecule has 1 N–H and O–H groups in total. The first-order valence-electron chi connectivity index (χ1n) is 5.76. The van der Waals surface area contributed by atoms with E-state index in [1.165, 1.54) is 48.9 Å². The second-order valence-corrected chi connectivity index (χ2v) is 4.09. The van der Waals surface area contributed by atoms with Crippen LogP contribution in [0.1, 0.15) is 37.3 Å². The number of hydrogen-bond donors (Lipinski definition) is 1. The molecule has 2 rings (SSSR count). The Balaban J connectivity index is 2.06. The number of rotatable bonds is 4. The highest BCUT2D eigenvalue weighted by Crippen LogP contribution is 2.27. The molecule has 0 amide bonds. The molecular formula is C13H19N. The third-order valence-electron chi connectivity index (χ3n) is 2.98. The van der Waals surface area contributed by atoms with Crippen LogP contribution in [0, 0.1) is 0 Å². The molecule has 76 valence electrons. The van der Waals surface area contributed by atoms with Crippen LogP contribution in [0.3, 0.4) is 0 Å². The Hall–Kier alpha value is -0.980. The molecule has 0 radical (unpaired) electrons. The van der Waals surface area contributed by atoms with Gasteiger partial charge in [0.2, 0.25) is 0 Å². The lowest BCUT2D eigenvalue weighted by Crippen LogP contribution is -1.96. The van der Waals surface area contributed by atoms with Gasteiger partial charge in [-0.2, -0.15) is 0 Å². The Bertz CT molecular complexity index is 304. The highest BCUT2D eigenvalue weighted by molar-refractivity contribution is 5.61. The molecule has 0 bridgehead atoms. The number of unbranched alkanes of at least 4 members (excludes halogenated alkanes) is 2. The Morgan fingerprint density at radius 1 is 1.29 bits per heavy atom. The van der Waals surface area contributed by atoms with Gasteiger partial charge in [-0.3, -0.25) is 0 Å². The lowest BCUT2D eigenvalue weighted by Gasteiger charge is -2.08. The van der Waals surface area contributed by atoms with Crippen LogP contribution >= 0.6 is 0 Å². The molecule has 1 heterocycles. The number of hydrogen-bond acceptors (Lipinski definition) is 1. The minimum absolute atomic E-state index is 1.13. The van der Waals surface area contributed by atoms with Crippen molar-refractivity contribution in [1.82, 2.24) is 0 Å². The molecule has 14 heavy (non-hydrogen) atoms. The van der Waals surface area contributed by atoms with Crippen molar-refractivity contribution in [1.29, 1.82) is 0 Å². The van der Waals surface area contributed by atoms with Crippen LogP contribution in [0.5, 0.6) is 0 Å². The topological polar surface area (TPSA) is 12.0 Å². The van der Waals surface area contributed by atoms with E-state index in [-0.39, 0.29) is 0 Å². The highest BCUT2D eigenvalue weighted by atomic mass is 14.9. The zero-order valence-corrected chi connectivity index (χ0v) is 8.97. The van der Waals surface area contributed by atoms with Crippen LogP contribution in [0.15, 0.2) is 18.2 Å². The Morgan fingerprint density at radius 2 is 2.21 bits per heavy atom. The van der Waals surface area contributed by atoms with Gasteiger partial charge in [-0.25, -0.2) is 0 Å². The molecule has 0 aromatic heterocycles. The van der Waals surface area contributed by atoms with Gasteiger partial charge < -0.3 is 5.32 Å². The summed E-state index contributed by atoms with van der Waals surface area (Å²) in [6.07, 6.45) is 6.43. The van der Waals surface area contributed by atoms with Gasteiger partial charge in [0.05, 0.1) is 0 Å². The molecule has 0 aliphatic carbocycles. The fourth-order valence-electron chi connectivity index (χ4n) is 2.18. The third kappa shape index (κ3) is 1.92. The molecule has 1 aliphatic rings. The van der Waals surface area contributed by atoms with Crippen LogP contribution in [0.2, 0.25) is 0 Å². The minimum Gasteiger partial charge on any atom is -0.384 e. The largest absolute Gasteiger partial charge is 0.384 e.